The summed E-state index contributed by atoms with van der Waals surface area (Å²) in [5, 5.41) is 8.80. The summed E-state index contributed by atoms with van der Waals surface area (Å²) in [4.78, 5) is 10.7. The van der Waals surface area contributed by atoms with Gasteiger partial charge < -0.3 is 9.84 Å². The first-order chi connectivity index (χ1) is 6.65. The van der Waals surface area contributed by atoms with Crippen molar-refractivity contribution >= 4 is 5.97 Å². The molecule has 0 bridgehead atoms. The number of aromatic carboxylic acids is 1. The van der Waals surface area contributed by atoms with Gasteiger partial charge in [-0.3, -0.25) is 0 Å². The van der Waals surface area contributed by atoms with Crippen molar-refractivity contribution in [3.8, 4) is 0 Å². The van der Waals surface area contributed by atoms with Gasteiger partial charge in [0.1, 0.15) is 0 Å². The Morgan fingerprint density at radius 1 is 1.50 bits per heavy atom. The second-order valence-electron chi connectivity index (χ2n) is 3.09. The zero-order valence-corrected chi connectivity index (χ0v) is 8.41. The highest BCUT2D eigenvalue weighted by molar-refractivity contribution is 5.89. The molecule has 0 radical (unpaired) electrons. The number of aryl methyl sites for hydroxylation is 1. The molecule has 0 heterocycles. The number of ether oxygens (including phenoxy) is 1. The number of carboxylic acids is 1. The van der Waals surface area contributed by atoms with Crippen LogP contribution in [-0.4, -0.2) is 17.7 Å². The van der Waals surface area contributed by atoms with Crippen LogP contribution >= 0.6 is 0 Å². The summed E-state index contributed by atoms with van der Waals surface area (Å²) >= 11 is 0. The molecule has 1 aromatic carbocycles. The molecule has 0 saturated heterocycles. The largest absolute Gasteiger partial charge is 0.478 e. The molecule has 0 aromatic heterocycles. The van der Waals surface area contributed by atoms with Gasteiger partial charge in [0.15, 0.2) is 0 Å². The lowest BCUT2D eigenvalue weighted by molar-refractivity contribution is 0.0696. The van der Waals surface area contributed by atoms with Crippen molar-refractivity contribution in [1.82, 2.24) is 0 Å². The standard InChI is InChI=1S/C11H14O3/c1-3-14-7-9-4-5-10(11(12)13)8(2)6-9/h4-6H,3,7H2,1-2H3,(H,12,13). The molecule has 0 unspecified atom stereocenters. The summed E-state index contributed by atoms with van der Waals surface area (Å²) < 4.78 is 5.23. The normalized spacial score (nSPS) is 10.1. The number of carbonyl (C=O) groups is 1. The second-order valence-corrected chi connectivity index (χ2v) is 3.09. The Morgan fingerprint density at radius 2 is 2.21 bits per heavy atom. The first-order valence-corrected chi connectivity index (χ1v) is 4.55. The van der Waals surface area contributed by atoms with Crippen molar-refractivity contribution < 1.29 is 14.6 Å². The molecule has 14 heavy (non-hydrogen) atoms. The quantitative estimate of drug-likeness (QED) is 0.799. The van der Waals surface area contributed by atoms with E-state index in [2.05, 4.69) is 0 Å². The molecule has 0 aliphatic rings. The van der Waals surface area contributed by atoms with Crippen molar-refractivity contribution in [3.05, 3.63) is 34.9 Å². The number of benzene rings is 1. The van der Waals surface area contributed by atoms with Crippen LogP contribution in [0.15, 0.2) is 18.2 Å². The van der Waals surface area contributed by atoms with Crippen LogP contribution in [0.25, 0.3) is 0 Å². The van der Waals surface area contributed by atoms with E-state index in [-0.39, 0.29) is 0 Å². The Kier molecular flexibility index (Phi) is 3.65. The monoisotopic (exact) mass is 194 g/mol. The zero-order valence-electron chi connectivity index (χ0n) is 8.41. The van der Waals surface area contributed by atoms with Gasteiger partial charge in [-0.15, -0.1) is 0 Å². The molecule has 0 aliphatic carbocycles. The molecule has 0 saturated carbocycles. The molecule has 3 heteroatoms. The fourth-order valence-corrected chi connectivity index (χ4v) is 1.28. The molecular weight excluding hydrogens is 180 g/mol. The third-order valence-corrected chi connectivity index (χ3v) is 1.99. The van der Waals surface area contributed by atoms with Crippen LogP contribution in [0.4, 0.5) is 0 Å². The molecule has 1 aromatic rings. The minimum atomic E-state index is -0.884. The average Bonchev–Trinajstić information content (AvgIpc) is 2.14. The minimum Gasteiger partial charge on any atom is -0.478 e. The maximum absolute atomic E-state index is 10.7. The summed E-state index contributed by atoms with van der Waals surface area (Å²) in [5.41, 5.74) is 2.13. The van der Waals surface area contributed by atoms with Crippen LogP contribution in [0, 0.1) is 6.92 Å². The molecule has 1 N–H and O–H groups in total. The van der Waals surface area contributed by atoms with Crippen LogP contribution in [-0.2, 0) is 11.3 Å². The smallest absolute Gasteiger partial charge is 0.335 e. The molecular formula is C11H14O3. The number of hydrogen-bond donors (Lipinski definition) is 1. The zero-order chi connectivity index (χ0) is 10.6. The van der Waals surface area contributed by atoms with Gasteiger partial charge in [-0.25, -0.2) is 4.79 Å². The maximum atomic E-state index is 10.7. The van der Waals surface area contributed by atoms with Gasteiger partial charge in [-0.05, 0) is 31.0 Å². The first-order valence-electron chi connectivity index (χ1n) is 4.55. The van der Waals surface area contributed by atoms with Gasteiger partial charge >= 0.3 is 5.97 Å². The van der Waals surface area contributed by atoms with Crippen molar-refractivity contribution in [1.29, 1.82) is 0 Å². The third kappa shape index (κ3) is 2.57. The van der Waals surface area contributed by atoms with Gasteiger partial charge in [0.25, 0.3) is 0 Å². The average molecular weight is 194 g/mol. The van der Waals surface area contributed by atoms with E-state index in [1.807, 2.05) is 13.0 Å². The van der Waals surface area contributed by atoms with Crippen molar-refractivity contribution in [3.63, 3.8) is 0 Å². The van der Waals surface area contributed by atoms with E-state index >= 15 is 0 Å². The van der Waals surface area contributed by atoms with Crippen molar-refractivity contribution in [2.24, 2.45) is 0 Å². The Labute approximate surface area is 83.3 Å². The van der Waals surface area contributed by atoms with Crippen LogP contribution in [0.3, 0.4) is 0 Å². The van der Waals surface area contributed by atoms with E-state index in [9.17, 15) is 4.79 Å². The lowest BCUT2D eigenvalue weighted by Crippen LogP contribution is -2.01. The molecule has 0 fully saturated rings. The number of rotatable bonds is 4. The highest BCUT2D eigenvalue weighted by Crippen LogP contribution is 2.11. The van der Waals surface area contributed by atoms with Gasteiger partial charge in [-0.2, -0.15) is 0 Å². The van der Waals surface area contributed by atoms with E-state index < -0.39 is 5.97 Å². The Bertz CT molecular complexity index is 331. The number of carboxylic acid groups (broad SMARTS) is 1. The van der Waals surface area contributed by atoms with E-state index in [0.29, 0.717) is 18.8 Å². The van der Waals surface area contributed by atoms with Crippen LogP contribution in [0.1, 0.15) is 28.4 Å². The predicted molar refractivity (Wildman–Crippen MR) is 53.5 cm³/mol. The molecule has 1 rings (SSSR count). The number of hydrogen-bond acceptors (Lipinski definition) is 2. The van der Waals surface area contributed by atoms with Gasteiger partial charge in [0.2, 0.25) is 0 Å². The lowest BCUT2D eigenvalue weighted by atomic mass is 10.1. The third-order valence-electron chi connectivity index (χ3n) is 1.99. The SMILES string of the molecule is CCOCc1ccc(C(=O)O)c(C)c1. The molecule has 0 aliphatic heterocycles. The lowest BCUT2D eigenvalue weighted by Gasteiger charge is -2.05. The summed E-state index contributed by atoms with van der Waals surface area (Å²) in [7, 11) is 0. The summed E-state index contributed by atoms with van der Waals surface area (Å²) in [5.74, 6) is -0.884. The Hall–Kier alpha value is -1.35. The van der Waals surface area contributed by atoms with Crippen molar-refractivity contribution in [2.75, 3.05) is 6.61 Å². The predicted octanol–water partition coefficient (Wildman–Crippen LogP) is 2.23. The second kappa shape index (κ2) is 4.77. The van der Waals surface area contributed by atoms with Gasteiger partial charge in [-0.1, -0.05) is 12.1 Å². The molecule has 3 nitrogen and oxygen atoms in total. The highest BCUT2D eigenvalue weighted by atomic mass is 16.5. The van der Waals surface area contributed by atoms with E-state index in [1.54, 1.807) is 19.1 Å². The maximum Gasteiger partial charge on any atom is 0.335 e. The molecule has 0 atom stereocenters. The van der Waals surface area contributed by atoms with Crippen LogP contribution in [0.5, 0.6) is 0 Å². The molecule has 0 spiro atoms. The summed E-state index contributed by atoms with van der Waals surface area (Å²) in [6.07, 6.45) is 0. The first kappa shape index (κ1) is 10.7. The fraction of sp³-hybridized carbons (Fsp3) is 0.364. The van der Waals surface area contributed by atoms with E-state index in [1.165, 1.54) is 0 Å². The van der Waals surface area contributed by atoms with Crippen LogP contribution in [0.2, 0.25) is 0 Å². The molecule has 0 amide bonds. The van der Waals surface area contributed by atoms with Crippen LogP contribution < -0.4 is 0 Å². The van der Waals surface area contributed by atoms with Gasteiger partial charge in [0.05, 0.1) is 12.2 Å². The summed E-state index contributed by atoms with van der Waals surface area (Å²) in [6, 6.07) is 5.25. The highest BCUT2D eigenvalue weighted by Gasteiger charge is 2.06. The topological polar surface area (TPSA) is 46.5 Å². The van der Waals surface area contributed by atoms with Gasteiger partial charge in [0, 0.05) is 6.61 Å². The fourth-order valence-electron chi connectivity index (χ4n) is 1.28. The Morgan fingerprint density at radius 3 is 2.71 bits per heavy atom. The van der Waals surface area contributed by atoms with Crippen molar-refractivity contribution in [2.45, 2.75) is 20.5 Å². The Balaban J connectivity index is 2.83. The van der Waals surface area contributed by atoms with E-state index in [4.69, 9.17) is 9.84 Å². The minimum absolute atomic E-state index is 0.352. The summed E-state index contributed by atoms with van der Waals surface area (Å²) in [6.45, 7) is 4.92. The molecule has 76 valence electrons. The van der Waals surface area contributed by atoms with E-state index in [0.717, 1.165) is 11.1 Å².